The van der Waals surface area contributed by atoms with Gasteiger partial charge in [-0.1, -0.05) is 30.2 Å². The van der Waals surface area contributed by atoms with Gasteiger partial charge < -0.3 is 9.84 Å². The van der Waals surface area contributed by atoms with Gasteiger partial charge in [-0.2, -0.15) is 13.2 Å². The molecule has 3 aromatic heterocycles. The lowest BCUT2D eigenvalue weighted by Crippen LogP contribution is -2.46. The first-order valence-corrected chi connectivity index (χ1v) is 18.2. The summed E-state index contributed by atoms with van der Waals surface area (Å²) in [5.41, 5.74) is 3.96. The third kappa shape index (κ3) is 7.01. The average Bonchev–Trinajstić information content (AvgIpc) is 3.54. The van der Waals surface area contributed by atoms with E-state index < -0.39 is 17.7 Å². The van der Waals surface area contributed by atoms with Gasteiger partial charge in [-0.05, 0) is 94.5 Å². The van der Waals surface area contributed by atoms with Crippen molar-refractivity contribution in [3.05, 3.63) is 109 Å². The molecular formula is C38H36ClF3N4O4S. The number of benzene rings is 2. The Kier molecular flexibility index (Phi) is 9.68. The summed E-state index contributed by atoms with van der Waals surface area (Å²) in [6.07, 6.45) is 0.134. The second kappa shape index (κ2) is 14.0. The quantitative estimate of drug-likeness (QED) is 0.170. The van der Waals surface area contributed by atoms with E-state index in [1.807, 2.05) is 13.0 Å². The van der Waals surface area contributed by atoms with Crippen molar-refractivity contribution in [1.29, 1.82) is 0 Å². The van der Waals surface area contributed by atoms with Gasteiger partial charge >= 0.3 is 12.1 Å². The van der Waals surface area contributed by atoms with Gasteiger partial charge in [0, 0.05) is 44.9 Å². The number of aromatic carboxylic acids is 1. The van der Waals surface area contributed by atoms with Crippen LogP contribution >= 0.6 is 22.9 Å². The van der Waals surface area contributed by atoms with Crippen molar-refractivity contribution in [2.45, 2.75) is 77.2 Å². The molecule has 1 aliphatic heterocycles. The zero-order valence-electron chi connectivity index (χ0n) is 28.1. The highest BCUT2D eigenvalue weighted by Gasteiger charge is 2.36. The molecule has 0 saturated carbocycles. The fourth-order valence-electron chi connectivity index (χ4n) is 7.60. The van der Waals surface area contributed by atoms with Crippen LogP contribution in [0.2, 0.25) is 5.02 Å². The van der Waals surface area contributed by atoms with Crippen molar-refractivity contribution in [1.82, 2.24) is 19.4 Å². The fourth-order valence-corrected chi connectivity index (χ4v) is 8.78. The molecule has 0 radical (unpaired) electrons. The van der Waals surface area contributed by atoms with E-state index in [9.17, 15) is 27.9 Å². The van der Waals surface area contributed by atoms with E-state index in [4.69, 9.17) is 21.3 Å². The Morgan fingerprint density at radius 1 is 1.08 bits per heavy atom. The number of alkyl halides is 3. The summed E-state index contributed by atoms with van der Waals surface area (Å²) in [6, 6.07) is 12.6. The number of fused-ring (bicyclic) bond motifs is 2. The summed E-state index contributed by atoms with van der Waals surface area (Å²) in [6.45, 7) is 4.76. The minimum atomic E-state index is -4.41. The zero-order valence-corrected chi connectivity index (χ0v) is 29.7. The number of ether oxygens (including phenoxy) is 1. The number of rotatable bonds is 8. The fraction of sp³-hybridized carbons (Fsp3) is 0.368. The maximum Gasteiger partial charge on any atom is 0.416 e. The molecule has 2 aromatic carbocycles. The minimum absolute atomic E-state index is 0.00965. The number of carboxylic acids is 1. The standard InChI is InChI=1S/C38H36ClF3N4O4S/c1-21-16-28(35-34(43-21)30(20-51-35)37(48)49)27-18-25(39)9-12-33(27)50-15-14-45-22(2)44-31-11-10-26(19-29(31)36(45)47)46-13-4-3-8-32(46)23-6-5-7-24(17-23)38(40,41)42/h5-7,9,12,16-18,20,26,32H,3-4,8,10-11,13-15,19H2,1-2H3,(H,48,49)/t26-,32-/m1/s1. The van der Waals surface area contributed by atoms with E-state index in [0.717, 1.165) is 49.6 Å². The Morgan fingerprint density at radius 3 is 2.69 bits per heavy atom. The van der Waals surface area contributed by atoms with Crippen LogP contribution in [0.5, 0.6) is 5.75 Å². The number of carboxylic acid groups (broad SMARTS) is 1. The van der Waals surface area contributed by atoms with Crippen LogP contribution in [0.4, 0.5) is 13.2 Å². The van der Waals surface area contributed by atoms with Gasteiger partial charge in [0.05, 0.1) is 33.6 Å². The van der Waals surface area contributed by atoms with E-state index in [1.165, 1.54) is 23.5 Å². The van der Waals surface area contributed by atoms with Gasteiger partial charge in [0.15, 0.2) is 0 Å². The number of likely N-dealkylation sites (tertiary alicyclic amines) is 1. The first-order chi connectivity index (χ1) is 24.4. The highest BCUT2D eigenvalue weighted by molar-refractivity contribution is 7.18. The predicted octanol–water partition coefficient (Wildman–Crippen LogP) is 8.67. The van der Waals surface area contributed by atoms with Crippen LogP contribution in [0, 0.1) is 13.8 Å². The van der Waals surface area contributed by atoms with Gasteiger partial charge in [-0.15, -0.1) is 11.3 Å². The van der Waals surface area contributed by atoms with Crippen molar-refractivity contribution in [2.24, 2.45) is 0 Å². The third-order valence-corrected chi connectivity index (χ3v) is 11.2. The highest BCUT2D eigenvalue weighted by Crippen LogP contribution is 2.41. The Hall–Kier alpha value is -4.26. The number of aromatic nitrogens is 3. The molecular weight excluding hydrogens is 701 g/mol. The molecule has 4 heterocycles. The normalized spacial score (nSPS) is 18.2. The summed E-state index contributed by atoms with van der Waals surface area (Å²) in [5.74, 6) is 0.0623. The van der Waals surface area contributed by atoms with Gasteiger partial charge in [0.25, 0.3) is 5.56 Å². The maximum atomic E-state index is 14.0. The number of aryl methyl sites for hydroxylation is 3. The van der Waals surface area contributed by atoms with E-state index in [2.05, 4.69) is 9.88 Å². The van der Waals surface area contributed by atoms with Crippen molar-refractivity contribution in [3.63, 3.8) is 0 Å². The molecule has 51 heavy (non-hydrogen) atoms. The summed E-state index contributed by atoms with van der Waals surface area (Å²) in [5, 5.41) is 11.8. The molecule has 0 amide bonds. The largest absolute Gasteiger partial charge is 0.491 e. The first-order valence-electron chi connectivity index (χ1n) is 17.0. The first kappa shape index (κ1) is 35.2. The number of pyridine rings is 1. The molecule has 0 unspecified atom stereocenters. The molecule has 8 nitrogen and oxygen atoms in total. The molecule has 2 atom stereocenters. The zero-order chi connectivity index (χ0) is 36.0. The summed E-state index contributed by atoms with van der Waals surface area (Å²) >= 11 is 7.72. The van der Waals surface area contributed by atoms with Crippen LogP contribution in [-0.2, 0) is 25.6 Å². The van der Waals surface area contributed by atoms with Crippen molar-refractivity contribution >= 4 is 39.1 Å². The lowest BCUT2D eigenvalue weighted by Gasteiger charge is -2.43. The van der Waals surface area contributed by atoms with Gasteiger partial charge in [0.2, 0.25) is 0 Å². The van der Waals surface area contributed by atoms with Crippen molar-refractivity contribution in [3.8, 4) is 16.9 Å². The Bertz CT molecular complexity index is 2200. The minimum Gasteiger partial charge on any atom is -0.491 e. The van der Waals surface area contributed by atoms with Crippen molar-refractivity contribution in [2.75, 3.05) is 13.2 Å². The highest BCUT2D eigenvalue weighted by atomic mass is 35.5. The van der Waals surface area contributed by atoms with Crippen LogP contribution in [0.1, 0.15) is 76.0 Å². The van der Waals surface area contributed by atoms with Crippen LogP contribution in [0.15, 0.2) is 58.7 Å². The van der Waals surface area contributed by atoms with Gasteiger partial charge in [0.1, 0.15) is 18.2 Å². The molecule has 5 aromatic rings. The topological polar surface area (TPSA) is 97.6 Å². The molecule has 13 heteroatoms. The maximum absolute atomic E-state index is 14.0. The van der Waals surface area contributed by atoms with E-state index in [0.29, 0.717) is 62.0 Å². The summed E-state index contributed by atoms with van der Waals surface area (Å²) in [4.78, 5) is 37.5. The average molecular weight is 737 g/mol. The Balaban J connectivity index is 1.12. The number of hydrogen-bond acceptors (Lipinski definition) is 7. The summed E-state index contributed by atoms with van der Waals surface area (Å²) in [7, 11) is 0. The molecule has 7 rings (SSSR count). The van der Waals surface area contributed by atoms with E-state index >= 15 is 0 Å². The molecule has 0 bridgehead atoms. The molecule has 1 saturated heterocycles. The Morgan fingerprint density at radius 2 is 1.90 bits per heavy atom. The van der Waals surface area contributed by atoms with Gasteiger partial charge in [-0.3, -0.25) is 19.2 Å². The number of carbonyl (C=O) groups is 1. The Labute approximate surface area is 301 Å². The lowest BCUT2D eigenvalue weighted by molar-refractivity contribution is -0.137. The van der Waals surface area contributed by atoms with Crippen molar-refractivity contribution < 1.29 is 27.8 Å². The van der Waals surface area contributed by atoms with Crippen LogP contribution in [0.3, 0.4) is 0 Å². The second-order valence-corrected chi connectivity index (χ2v) is 14.6. The molecule has 1 fully saturated rings. The number of hydrogen-bond donors (Lipinski definition) is 1. The molecule has 1 N–H and O–H groups in total. The third-order valence-electron chi connectivity index (χ3n) is 9.99. The number of nitrogens with zero attached hydrogens (tertiary/aromatic N) is 4. The lowest BCUT2D eigenvalue weighted by atomic mass is 9.86. The van der Waals surface area contributed by atoms with Crippen LogP contribution in [-0.4, -0.2) is 49.7 Å². The molecule has 2 aliphatic rings. The van der Waals surface area contributed by atoms with E-state index in [1.54, 1.807) is 41.1 Å². The van der Waals surface area contributed by atoms with Crippen LogP contribution < -0.4 is 10.3 Å². The predicted molar refractivity (Wildman–Crippen MR) is 191 cm³/mol. The SMILES string of the molecule is Cc1cc(-c2cc(Cl)ccc2OCCn2c(C)nc3c(c2=O)C[C@H](N2CCCC[C@@H]2c2cccc(C(F)(F)F)c2)CC3)c2scc(C(=O)O)c2n1. The van der Waals surface area contributed by atoms with E-state index in [-0.39, 0.29) is 36.4 Å². The van der Waals surface area contributed by atoms with Crippen LogP contribution in [0.25, 0.3) is 21.3 Å². The molecule has 1 aliphatic carbocycles. The summed E-state index contributed by atoms with van der Waals surface area (Å²) < 4.78 is 49.3. The van der Waals surface area contributed by atoms with Gasteiger partial charge in [-0.25, -0.2) is 9.78 Å². The number of thiophene rings is 1. The second-order valence-electron chi connectivity index (χ2n) is 13.2. The molecule has 0 spiro atoms. The number of halogens is 4. The monoisotopic (exact) mass is 736 g/mol. The molecule has 266 valence electrons. The number of piperidine rings is 1. The smallest absolute Gasteiger partial charge is 0.416 e.